The first-order chi connectivity index (χ1) is 11.7. The third-order valence-electron chi connectivity index (χ3n) is 4.95. The summed E-state index contributed by atoms with van der Waals surface area (Å²) >= 11 is 0. The van der Waals surface area contributed by atoms with Crippen LogP contribution in [0.5, 0.6) is 0 Å². The van der Waals surface area contributed by atoms with Crippen LogP contribution in [0.1, 0.15) is 6.42 Å². The lowest BCUT2D eigenvalue weighted by Gasteiger charge is -2.33. The molecule has 1 atom stereocenters. The molecular weight excluding hydrogens is 300 g/mol. The number of carbonyl (C=O) groups is 1. The van der Waals surface area contributed by atoms with Crippen LogP contribution in [0.15, 0.2) is 48.6 Å². The molecule has 4 nitrogen and oxygen atoms in total. The average Bonchev–Trinajstić information content (AvgIpc) is 2.62. The van der Waals surface area contributed by atoms with Crippen LogP contribution in [0.4, 0.5) is 0 Å². The van der Waals surface area contributed by atoms with Crippen molar-refractivity contribution in [2.75, 3.05) is 33.2 Å². The van der Waals surface area contributed by atoms with E-state index in [1.807, 2.05) is 35.3 Å². The molecular formula is C20H22N2O2. The molecule has 3 aliphatic rings. The van der Waals surface area contributed by atoms with Gasteiger partial charge in [-0.15, -0.1) is 0 Å². The number of benzene rings is 1. The van der Waals surface area contributed by atoms with Gasteiger partial charge in [0.15, 0.2) is 0 Å². The zero-order chi connectivity index (χ0) is 16.5. The lowest BCUT2D eigenvalue weighted by Crippen LogP contribution is -2.47. The fourth-order valence-corrected chi connectivity index (χ4v) is 3.51. The molecule has 24 heavy (non-hydrogen) atoms. The minimum atomic E-state index is -0.0832. The van der Waals surface area contributed by atoms with Crippen molar-refractivity contribution < 1.29 is 9.53 Å². The Kier molecular flexibility index (Phi) is 3.98. The van der Waals surface area contributed by atoms with Crippen LogP contribution in [0.3, 0.4) is 0 Å². The zero-order valence-electron chi connectivity index (χ0n) is 13.9. The van der Waals surface area contributed by atoms with Gasteiger partial charge >= 0.3 is 0 Å². The Bertz CT molecular complexity index is 829. The molecule has 1 aromatic rings. The summed E-state index contributed by atoms with van der Waals surface area (Å²) < 4.78 is 6.18. The summed E-state index contributed by atoms with van der Waals surface area (Å²) in [6.07, 6.45) is 8.44. The second-order valence-corrected chi connectivity index (χ2v) is 6.57. The van der Waals surface area contributed by atoms with E-state index in [0.717, 1.165) is 37.2 Å². The molecule has 4 heteroatoms. The van der Waals surface area contributed by atoms with Gasteiger partial charge < -0.3 is 14.5 Å². The predicted octanol–water partition coefficient (Wildman–Crippen LogP) is 0.634. The van der Waals surface area contributed by atoms with Gasteiger partial charge in [-0.25, -0.2) is 0 Å². The number of allylic oxidation sites excluding steroid dienone is 2. The van der Waals surface area contributed by atoms with Gasteiger partial charge in [0.1, 0.15) is 11.9 Å². The van der Waals surface area contributed by atoms with Crippen LogP contribution in [-0.4, -0.2) is 55.0 Å². The van der Waals surface area contributed by atoms with Gasteiger partial charge in [-0.3, -0.25) is 4.79 Å². The number of amides is 1. The zero-order valence-corrected chi connectivity index (χ0v) is 13.9. The quantitative estimate of drug-likeness (QED) is 0.801. The van der Waals surface area contributed by atoms with E-state index in [-0.39, 0.29) is 12.0 Å². The van der Waals surface area contributed by atoms with Gasteiger partial charge in [-0.05, 0) is 18.3 Å². The first kappa shape index (κ1) is 15.2. The van der Waals surface area contributed by atoms with Crippen LogP contribution >= 0.6 is 0 Å². The number of hydrogen-bond donors (Lipinski definition) is 0. The van der Waals surface area contributed by atoms with Gasteiger partial charge in [-0.2, -0.15) is 0 Å². The Morgan fingerprint density at radius 2 is 1.88 bits per heavy atom. The molecule has 1 unspecified atom stereocenters. The fourth-order valence-electron chi connectivity index (χ4n) is 3.51. The van der Waals surface area contributed by atoms with Crippen molar-refractivity contribution in [3.05, 3.63) is 59.0 Å². The van der Waals surface area contributed by atoms with Crippen LogP contribution in [0.2, 0.25) is 0 Å². The molecule has 4 rings (SSSR count). The molecule has 0 saturated carbocycles. The van der Waals surface area contributed by atoms with Gasteiger partial charge in [-0.1, -0.05) is 42.5 Å². The van der Waals surface area contributed by atoms with Crippen LogP contribution in [0.25, 0.3) is 11.3 Å². The highest BCUT2D eigenvalue weighted by molar-refractivity contribution is 5.84. The highest BCUT2D eigenvalue weighted by Crippen LogP contribution is 2.22. The number of likely N-dealkylation sites (N-methyl/N-ethyl adjacent to an activating group) is 1. The number of carbonyl (C=O) groups excluding carboxylic acids is 1. The molecule has 1 aromatic carbocycles. The topological polar surface area (TPSA) is 32.8 Å². The third kappa shape index (κ3) is 2.78. The van der Waals surface area contributed by atoms with Crippen molar-refractivity contribution in [3.63, 3.8) is 0 Å². The van der Waals surface area contributed by atoms with Crippen molar-refractivity contribution in [2.24, 2.45) is 0 Å². The van der Waals surface area contributed by atoms with Gasteiger partial charge in [0, 0.05) is 37.0 Å². The number of hydrogen-bond acceptors (Lipinski definition) is 3. The molecule has 0 radical (unpaired) electrons. The third-order valence-corrected chi connectivity index (χ3v) is 4.95. The second kappa shape index (κ2) is 6.29. The molecule has 1 aliphatic carbocycles. The summed E-state index contributed by atoms with van der Waals surface area (Å²) in [5.74, 6) is 0.954. The number of ether oxygens (including phenoxy) is 1. The van der Waals surface area contributed by atoms with E-state index in [0.29, 0.717) is 6.42 Å². The maximum Gasteiger partial charge on any atom is 0.230 e. The SMILES string of the molecule is CN1CCN(C(=O)CC2=c3ccccc3=C3C=CC=CC3O2)CC1. The van der Waals surface area contributed by atoms with Crippen LogP contribution in [-0.2, 0) is 9.53 Å². The summed E-state index contributed by atoms with van der Waals surface area (Å²) in [5, 5.41) is 2.22. The smallest absolute Gasteiger partial charge is 0.230 e. The van der Waals surface area contributed by atoms with Crippen LogP contribution in [0, 0.1) is 0 Å². The summed E-state index contributed by atoms with van der Waals surface area (Å²) in [5.41, 5.74) is 1.17. The maximum absolute atomic E-state index is 12.7. The lowest BCUT2D eigenvalue weighted by molar-refractivity contribution is -0.132. The number of piperazine rings is 1. The minimum absolute atomic E-state index is 0.0832. The molecule has 2 aliphatic heterocycles. The Labute approximate surface area is 142 Å². The molecule has 2 heterocycles. The normalized spacial score (nSPS) is 22.9. The van der Waals surface area contributed by atoms with Crippen molar-refractivity contribution in [2.45, 2.75) is 12.5 Å². The Hall–Kier alpha value is -2.33. The van der Waals surface area contributed by atoms with Crippen molar-refractivity contribution in [1.82, 2.24) is 9.80 Å². The summed E-state index contributed by atoms with van der Waals surface area (Å²) in [7, 11) is 2.09. The van der Waals surface area contributed by atoms with E-state index >= 15 is 0 Å². The summed E-state index contributed by atoms with van der Waals surface area (Å²) in [6, 6.07) is 8.22. The van der Waals surface area contributed by atoms with Gasteiger partial charge in [0.2, 0.25) is 5.91 Å². The number of nitrogens with zero attached hydrogens (tertiary/aromatic N) is 2. The maximum atomic E-state index is 12.7. The highest BCUT2D eigenvalue weighted by Gasteiger charge is 2.25. The van der Waals surface area contributed by atoms with E-state index in [1.165, 1.54) is 10.8 Å². The van der Waals surface area contributed by atoms with Crippen LogP contribution < -0.4 is 10.4 Å². The highest BCUT2D eigenvalue weighted by atomic mass is 16.5. The standard InChI is InChI=1S/C20H22N2O2/c1-21-10-12-22(13-11-21)20(23)14-19-17-8-3-2-6-15(17)16-7-4-5-9-18(16)24-19/h2-9,18H,10-14H2,1H3. The molecule has 124 valence electrons. The number of rotatable bonds is 2. The second-order valence-electron chi connectivity index (χ2n) is 6.57. The molecule has 1 amide bonds. The van der Waals surface area contributed by atoms with E-state index < -0.39 is 0 Å². The first-order valence-electron chi connectivity index (χ1n) is 8.52. The lowest BCUT2D eigenvalue weighted by atomic mass is 9.97. The Morgan fingerprint density at radius 3 is 2.67 bits per heavy atom. The summed E-state index contributed by atoms with van der Waals surface area (Å²) in [6.45, 7) is 3.47. The van der Waals surface area contributed by atoms with E-state index in [1.54, 1.807) is 0 Å². The van der Waals surface area contributed by atoms with E-state index in [9.17, 15) is 4.79 Å². The van der Waals surface area contributed by atoms with E-state index in [2.05, 4.69) is 30.2 Å². The van der Waals surface area contributed by atoms with Crippen molar-refractivity contribution >= 4 is 17.2 Å². The Morgan fingerprint density at radius 1 is 1.12 bits per heavy atom. The molecule has 0 aromatic heterocycles. The summed E-state index contributed by atoms with van der Waals surface area (Å²) in [4.78, 5) is 16.9. The van der Waals surface area contributed by atoms with Gasteiger partial charge in [0.25, 0.3) is 0 Å². The predicted molar refractivity (Wildman–Crippen MR) is 94.4 cm³/mol. The molecule has 1 fully saturated rings. The molecule has 1 saturated heterocycles. The molecule has 0 spiro atoms. The minimum Gasteiger partial charge on any atom is -0.485 e. The van der Waals surface area contributed by atoms with Gasteiger partial charge in [0.05, 0.1) is 6.42 Å². The molecule has 0 bridgehead atoms. The fraction of sp³-hybridized carbons (Fsp3) is 0.350. The first-order valence-corrected chi connectivity index (χ1v) is 8.52. The largest absolute Gasteiger partial charge is 0.485 e. The van der Waals surface area contributed by atoms with Crippen molar-refractivity contribution in [3.8, 4) is 0 Å². The monoisotopic (exact) mass is 322 g/mol. The number of fused-ring (bicyclic) bond motifs is 2. The van der Waals surface area contributed by atoms with E-state index in [4.69, 9.17) is 4.74 Å². The van der Waals surface area contributed by atoms with Crippen molar-refractivity contribution in [1.29, 1.82) is 0 Å². The average molecular weight is 322 g/mol. The Balaban J connectivity index is 1.67. The molecule has 0 N–H and O–H groups in total.